The second-order valence-corrected chi connectivity index (χ2v) is 3.42. The largest absolute Gasteiger partial charge is 0.449 e. The number of hydrogen-bond donors (Lipinski definition) is 1. The minimum Gasteiger partial charge on any atom is -0.319 e. The van der Waals surface area contributed by atoms with Gasteiger partial charge in [-0.3, -0.25) is 0 Å². The van der Waals surface area contributed by atoms with Crippen LogP contribution >= 0.6 is 0 Å². The molecule has 6 heteroatoms. The number of nitrogens with zero attached hydrogens (tertiary/aromatic N) is 2. The molecule has 1 atom stereocenters. The average molecular weight is 205 g/mol. The highest BCUT2D eigenvalue weighted by atomic mass is 19.4. The Morgan fingerprint density at radius 1 is 1.57 bits per heavy atom. The molecule has 1 aromatic rings. The van der Waals surface area contributed by atoms with Crippen molar-refractivity contribution in [3.63, 3.8) is 0 Å². The van der Waals surface area contributed by atoms with Crippen LogP contribution in [0.3, 0.4) is 0 Å². The smallest absolute Gasteiger partial charge is 0.319 e. The van der Waals surface area contributed by atoms with Gasteiger partial charge in [0.05, 0.1) is 11.9 Å². The second-order valence-electron chi connectivity index (χ2n) is 3.42. The molecule has 1 N–H and O–H groups in total. The predicted molar refractivity (Wildman–Crippen MR) is 43.6 cm³/mol. The molecule has 2 rings (SSSR count). The molecule has 0 fully saturated rings. The number of aromatic nitrogens is 2. The topological polar surface area (TPSA) is 29.9 Å². The Kier molecular flexibility index (Phi) is 2.02. The molecular weight excluding hydrogens is 195 g/mol. The molecule has 0 spiro atoms. The molecule has 14 heavy (non-hydrogen) atoms. The van der Waals surface area contributed by atoms with Gasteiger partial charge in [-0.1, -0.05) is 0 Å². The Bertz CT molecular complexity index is 342. The van der Waals surface area contributed by atoms with Crippen molar-refractivity contribution in [2.75, 3.05) is 6.54 Å². The van der Waals surface area contributed by atoms with Crippen molar-refractivity contribution in [3.05, 3.63) is 17.7 Å². The zero-order valence-electron chi connectivity index (χ0n) is 7.60. The third-order valence-corrected chi connectivity index (χ3v) is 2.31. The van der Waals surface area contributed by atoms with Gasteiger partial charge in [0.15, 0.2) is 0 Å². The van der Waals surface area contributed by atoms with Crippen molar-refractivity contribution in [1.29, 1.82) is 0 Å². The van der Waals surface area contributed by atoms with E-state index in [1.807, 2.05) is 0 Å². The summed E-state index contributed by atoms with van der Waals surface area (Å²) in [5.74, 6) is -0.790. The first-order chi connectivity index (χ1) is 6.50. The lowest BCUT2D eigenvalue weighted by Gasteiger charge is -2.25. The monoisotopic (exact) mass is 205 g/mol. The van der Waals surface area contributed by atoms with Gasteiger partial charge in [-0.2, -0.15) is 13.2 Å². The third kappa shape index (κ3) is 1.39. The van der Waals surface area contributed by atoms with Crippen molar-refractivity contribution >= 4 is 0 Å². The number of alkyl halides is 3. The zero-order valence-corrected chi connectivity index (χ0v) is 7.60. The fourth-order valence-electron chi connectivity index (χ4n) is 1.73. The number of hydrogen-bond acceptors (Lipinski definition) is 2. The van der Waals surface area contributed by atoms with Gasteiger partial charge in [0, 0.05) is 19.1 Å². The van der Waals surface area contributed by atoms with Crippen LogP contribution in [0.2, 0.25) is 0 Å². The SMILES string of the molecule is CC1CNCc2cnc(C(F)(F)F)n21. The minimum absolute atomic E-state index is 0.196. The van der Waals surface area contributed by atoms with Crippen molar-refractivity contribution < 1.29 is 13.2 Å². The maximum Gasteiger partial charge on any atom is 0.449 e. The van der Waals surface area contributed by atoms with Crippen LogP contribution in [-0.4, -0.2) is 16.1 Å². The van der Waals surface area contributed by atoms with Gasteiger partial charge in [0.25, 0.3) is 0 Å². The van der Waals surface area contributed by atoms with E-state index >= 15 is 0 Å². The number of rotatable bonds is 0. The molecule has 0 saturated carbocycles. The summed E-state index contributed by atoms with van der Waals surface area (Å²) in [4.78, 5) is 3.42. The molecular formula is C8H10F3N3. The van der Waals surface area contributed by atoms with E-state index in [1.54, 1.807) is 6.92 Å². The van der Waals surface area contributed by atoms with E-state index in [2.05, 4.69) is 10.3 Å². The molecule has 0 bridgehead atoms. The van der Waals surface area contributed by atoms with Gasteiger partial charge < -0.3 is 9.88 Å². The van der Waals surface area contributed by atoms with Gasteiger partial charge in [0.2, 0.25) is 5.82 Å². The van der Waals surface area contributed by atoms with Crippen LogP contribution in [0.5, 0.6) is 0 Å². The molecule has 2 heterocycles. The van der Waals surface area contributed by atoms with Gasteiger partial charge in [-0.05, 0) is 6.92 Å². The van der Waals surface area contributed by atoms with E-state index in [0.717, 1.165) is 0 Å². The normalized spacial score (nSPS) is 22.1. The van der Waals surface area contributed by atoms with Crippen molar-refractivity contribution in [1.82, 2.24) is 14.9 Å². The molecule has 0 saturated heterocycles. The van der Waals surface area contributed by atoms with Crippen molar-refractivity contribution in [2.24, 2.45) is 0 Å². The number of nitrogens with one attached hydrogen (secondary N) is 1. The first-order valence-corrected chi connectivity index (χ1v) is 4.34. The maximum atomic E-state index is 12.5. The molecule has 0 amide bonds. The summed E-state index contributed by atoms with van der Waals surface area (Å²) in [7, 11) is 0. The van der Waals surface area contributed by atoms with E-state index in [-0.39, 0.29) is 6.04 Å². The molecule has 1 unspecified atom stereocenters. The van der Waals surface area contributed by atoms with Gasteiger partial charge >= 0.3 is 6.18 Å². The summed E-state index contributed by atoms with van der Waals surface area (Å²) in [6.45, 7) is 2.74. The Labute approximate surface area is 78.9 Å². The molecule has 0 aliphatic carbocycles. The highest BCUT2D eigenvalue weighted by Gasteiger charge is 2.38. The summed E-state index contributed by atoms with van der Waals surface area (Å²) >= 11 is 0. The lowest BCUT2D eigenvalue weighted by molar-refractivity contribution is -0.148. The first kappa shape index (κ1) is 9.51. The van der Waals surface area contributed by atoms with E-state index in [1.165, 1.54) is 10.8 Å². The van der Waals surface area contributed by atoms with Gasteiger partial charge in [-0.25, -0.2) is 4.98 Å². The quantitative estimate of drug-likeness (QED) is 0.696. The fourth-order valence-corrected chi connectivity index (χ4v) is 1.73. The van der Waals surface area contributed by atoms with Crippen LogP contribution in [0.25, 0.3) is 0 Å². The number of fused-ring (bicyclic) bond motifs is 1. The second kappa shape index (κ2) is 2.98. The van der Waals surface area contributed by atoms with Crippen molar-refractivity contribution in [2.45, 2.75) is 25.7 Å². The Balaban J connectivity index is 2.49. The molecule has 0 aromatic carbocycles. The summed E-state index contributed by atoms with van der Waals surface area (Å²) in [6, 6.07) is -0.196. The van der Waals surface area contributed by atoms with Crippen LogP contribution < -0.4 is 5.32 Å². The Morgan fingerprint density at radius 2 is 2.29 bits per heavy atom. The third-order valence-electron chi connectivity index (χ3n) is 2.31. The highest BCUT2D eigenvalue weighted by molar-refractivity contribution is 5.11. The van der Waals surface area contributed by atoms with E-state index in [0.29, 0.717) is 18.8 Å². The summed E-state index contributed by atoms with van der Waals surface area (Å²) < 4.78 is 38.7. The van der Waals surface area contributed by atoms with Crippen LogP contribution in [0, 0.1) is 0 Å². The summed E-state index contributed by atoms with van der Waals surface area (Å²) in [6.07, 6.45) is -3.07. The Hall–Kier alpha value is -1.04. The molecule has 1 aliphatic heterocycles. The predicted octanol–water partition coefficient (Wildman–Crippen LogP) is 1.57. The lowest BCUT2D eigenvalue weighted by atomic mass is 10.2. The molecule has 78 valence electrons. The van der Waals surface area contributed by atoms with Crippen LogP contribution in [0.4, 0.5) is 13.2 Å². The number of halogens is 3. The number of imidazole rings is 1. The van der Waals surface area contributed by atoms with E-state index < -0.39 is 12.0 Å². The minimum atomic E-state index is -4.36. The lowest BCUT2D eigenvalue weighted by Crippen LogP contribution is -2.33. The first-order valence-electron chi connectivity index (χ1n) is 4.34. The average Bonchev–Trinajstić information content (AvgIpc) is 2.47. The maximum absolute atomic E-state index is 12.5. The molecule has 3 nitrogen and oxygen atoms in total. The molecule has 0 radical (unpaired) electrons. The van der Waals surface area contributed by atoms with Crippen LogP contribution in [0.1, 0.15) is 24.5 Å². The van der Waals surface area contributed by atoms with Crippen molar-refractivity contribution in [3.8, 4) is 0 Å². The van der Waals surface area contributed by atoms with Gasteiger partial charge in [0.1, 0.15) is 0 Å². The molecule has 1 aromatic heterocycles. The van der Waals surface area contributed by atoms with Gasteiger partial charge in [-0.15, -0.1) is 0 Å². The molecule has 1 aliphatic rings. The van der Waals surface area contributed by atoms with Crippen LogP contribution in [0.15, 0.2) is 6.20 Å². The summed E-state index contributed by atoms with van der Waals surface area (Å²) in [5, 5.41) is 3.03. The zero-order chi connectivity index (χ0) is 10.3. The standard InChI is InChI=1S/C8H10F3N3/c1-5-2-12-3-6-4-13-7(14(5)6)8(9,10)11/h4-5,12H,2-3H2,1H3. The summed E-state index contributed by atoms with van der Waals surface area (Å²) in [5.41, 5.74) is 0.594. The fraction of sp³-hybridized carbons (Fsp3) is 0.625. The van der Waals surface area contributed by atoms with Crippen LogP contribution in [-0.2, 0) is 12.7 Å². The van der Waals surface area contributed by atoms with E-state index in [9.17, 15) is 13.2 Å². The van der Waals surface area contributed by atoms with E-state index in [4.69, 9.17) is 0 Å². The Morgan fingerprint density at radius 3 is 2.93 bits per heavy atom. The highest BCUT2D eigenvalue weighted by Crippen LogP contribution is 2.31.